The normalized spacial score (nSPS) is 10.3. The molecule has 0 bridgehead atoms. The number of aromatic carboxylic acids is 1. The van der Waals surface area contributed by atoms with Gasteiger partial charge < -0.3 is 26.2 Å². The summed E-state index contributed by atoms with van der Waals surface area (Å²) in [5.41, 5.74) is 4.70. The zero-order valence-corrected chi connectivity index (χ0v) is 10.9. The number of aliphatic carboxylic acids is 1. The average Bonchev–Trinajstić information content (AvgIpc) is 2.28. The number of phenols is 1. The molecule has 0 aliphatic heterocycles. The van der Waals surface area contributed by atoms with Crippen LogP contribution in [0, 0.1) is 0 Å². The molecular formula is C10H13NO6Se. The van der Waals surface area contributed by atoms with Gasteiger partial charge in [0.15, 0.2) is 0 Å². The van der Waals surface area contributed by atoms with E-state index < -0.39 is 24.6 Å². The second-order valence-electron chi connectivity index (χ2n) is 2.95. The number of carbonyl (C=O) groups is 2. The molecule has 100 valence electrons. The van der Waals surface area contributed by atoms with Crippen LogP contribution in [0.2, 0.25) is 0 Å². The quantitative estimate of drug-likeness (QED) is 0.454. The van der Waals surface area contributed by atoms with E-state index in [9.17, 15) is 9.59 Å². The van der Waals surface area contributed by atoms with Crippen molar-refractivity contribution in [3.63, 3.8) is 0 Å². The Morgan fingerprint density at radius 3 is 1.94 bits per heavy atom. The largest absolute Gasteiger partial charge is 0.507 e. The molecule has 1 aromatic rings. The van der Waals surface area contributed by atoms with Gasteiger partial charge in [-0.2, -0.15) is 0 Å². The third-order valence-corrected chi connectivity index (χ3v) is 1.65. The fourth-order valence-electron chi connectivity index (χ4n) is 0.733. The van der Waals surface area contributed by atoms with E-state index >= 15 is 0 Å². The topological polar surface area (TPSA) is 141 Å². The minimum absolute atomic E-state index is 0. The predicted octanol–water partition coefficient (Wildman–Crippen LogP) is -0.900. The Hall–Kier alpha value is -1.60. The Morgan fingerprint density at radius 1 is 1.22 bits per heavy atom. The second kappa shape index (κ2) is 9.43. The van der Waals surface area contributed by atoms with E-state index in [0.29, 0.717) is 0 Å². The molecule has 0 unspecified atom stereocenters. The summed E-state index contributed by atoms with van der Waals surface area (Å²) in [6, 6.07) is 4.69. The maximum absolute atomic E-state index is 10.3. The van der Waals surface area contributed by atoms with E-state index in [1.165, 1.54) is 12.1 Å². The molecule has 0 amide bonds. The molecule has 0 aromatic heterocycles. The molecular weight excluding hydrogens is 309 g/mol. The van der Waals surface area contributed by atoms with Crippen molar-refractivity contribution in [2.45, 2.75) is 6.04 Å². The Kier molecular flexibility index (Phi) is 9.83. The van der Waals surface area contributed by atoms with Crippen LogP contribution in [-0.2, 0) is 4.79 Å². The number of aliphatic hydroxyl groups excluding tert-OH is 1. The predicted molar refractivity (Wildman–Crippen MR) is 63.5 cm³/mol. The summed E-state index contributed by atoms with van der Waals surface area (Å²) in [7, 11) is 0. The van der Waals surface area contributed by atoms with Crippen LogP contribution in [0.4, 0.5) is 0 Å². The van der Waals surface area contributed by atoms with E-state index in [1.54, 1.807) is 12.1 Å². The molecule has 0 saturated heterocycles. The van der Waals surface area contributed by atoms with Gasteiger partial charge in [-0.25, -0.2) is 4.79 Å². The van der Waals surface area contributed by atoms with Crippen LogP contribution in [0.5, 0.6) is 5.75 Å². The molecule has 1 aromatic carbocycles. The summed E-state index contributed by atoms with van der Waals surface area (Å²) in [6.45, 7) is -0.505. The summed E-state index contributed by atoms with van der Waals surface area (Å²) in [4.78, 5) is 19.9. The van der Waals surface area contributed by atoms with Crippen LogP contribution < -0.4 is 5.73 Å². The number of carboxylic acids is 2. The Morgan fingerprint density at radius 2 is 1.72 bits per heavy atom. The first-order valence-electron chi connectivity index (χ1n) is 4.50. The molecule has 0 aliphatic carbocycles. The smallest absolute Gasteiger partial charge is 0.339 e. The van der Waals surface area contributed by atoms with Gasteiger partial charge in [-0.3, -0.25) is 4.79 Å². The van der Waals surface area contributed by atoms with Crippen molar-refractivity contribution in [3.05, 3.63) is 29.8 Å². The first-order valence-corrected chi connectivity index (χ1v) is 4.50. The monoisotopic (exact) mass is 323 g/mol. The van der Waals surface area contributed by atoms with Gasteiger partial charge in [-0.05, 0) is 12.1 Å². The maximum Gasteiger partial charge on any atom is 0.339 e. The number of benzene rings is 1. The Balaban J connectivity index is 0. The van der Waals surface area contributed by atoms with Gasteiger partial charge in [0.25, 0.3) is 0 Å². The second-order valence-corrected chi connectivity index (χ2v) is 2.95. The van der Waals surface area contributed by atoms with Crippen LogP contribution in [0.3, 0.4) is 0 Å². The Labute approximate surface area is 113 Å². The van der Waals surface area contributed by atoms with Crippen LogP contribution in [0.25, 0.3) is 0 Å². The maximum atomic E-state index is 10.3. The van der Waals surface area contributed by atoms with Crippen molar-refractivity contribution in [3.8, 4) is 5.75 Å². The summed E-state index contributed by atoms with van der Waals surface area (Å²) < 4.78 is 0. The molecule has 7 nitrogen and oxygen atoms in total. The number of aromatic hydroxyl groups is 1. The first kappa shape index (κ1) is 18.8. The number of hydrogen-bond acceptors (Lipinski definition) is 5. The van der Waals surface area contributed by atoms with Gasteiger partial charge in [-0.1, -0.05) is 12.1 Å². The number of para-hydroxylation sites is 1. The van der Waals surface area contributed by atoms with E-state index in [4.69, 9.17) is 26.2 Å². The van der Waals surface area contributed by atoms with Gasteiger partial charge >= 0.3 is 11.9 Å². The number of hydrogen-bond donors (Lipinski definition) is 5. The number of carboxylic acid groups (broad SMARTS) is 2. The molecule has 1 atom stereocenters. The zero-order valence-electron chi connectivity index (χ0n) is 9.18. The number of nitrogens with two attached hydrogens (primary N) is 1. The number of aliphatic hydroxyl groups is 1. The van der Waals surface area contributed by atoms with Gasteiger partial charge in [0.05, 0.1) is 6.61 Å². The minimum Gasteiger partial charge on any atom is -0.507 e. The van der Waals surface area contributed by atoms with E-state index in [-0.39, 0.29) is 28.4 Å². The summed E-state index contributed by atoms with van der Waals surface area (Å²) >= 11 is 0. The van der Waals surface area contributed by atoms with Crippen molar-refractivity contribution in [1.82, 2.24) is 0 Å². The van der Waals surface area contributed by atoms with Gasteiger partial charge in [0.2, 0.25) is 0 Å². The van der Waals surface area contributed by atoms with E-state index in [0.717, 1.165) is 0 Å². The van der Waals surface area contributed by atoms with Crippen LogP contribution in [-0.4, -0.2) is 62.1 Å². The summed E-state index contributed by atoms with van der Waals surface area (Å²) in [5, 5.41) is 33.2. The van der Waals surface area contributed by atoms with Crippen molar-refractivity contribution < 1.29 is 30.0 Å². The summed E-state index contributed by atoms with van der Waals surface area (Å²) in [6.07, 6.45) is 0. The standard InChI is InChI=1S/C7H6O3.C3H7NO3.Se/c8-6-4-2-1-3-5(6)7(9)10;4-2(1-5)3(6)7;/h1-4,8H,(H,9,10);2,5H,1,4H2,(H,6,7);/t;2-;/m.0./s1. The minimum atomic E-state index is -1.18. The molecule has 1 rings (SSSR count). The van der Waals surface area contributed by atoms with Gasteiger partial charge in [0.1, 0.15) is 17.4 Å². The molecule has 2 radical (unpaired) electrons. The molecule has 0 fully saturated rings. The molecule has 0 aliphatic rings. The molecule has 6 N–H and O–H groups in total. The molecule has 0 spiro atoms. The zero-order chi connectivity index (χ0) is 13.4. The van der Waals surface area contributed by atoms with Crippen molar-refractivity contribution in [1.29, 1.82) is 0 Å². The van der Waals surface area contributed by atoms with Crippen molar-refractivity contribution in [2.24, 2.45) is 5.73 Å². The molecule has 0 heterocycles. The van der Waals surface area contributed by atoms with Gasteiger partial charge in [0, 0.05) is 17.1 Å². The fourth-order valence-corrected chi connectivity index (χ4v) is 0.733. The Bertz CT molecular complexity index is 398. The van der Waals surface area contributed by atoms with Crippen LogP contribution in [0.15, 0.2) is 24.3 Å². The van der Waals surface area contributed by atoms with E-state index in [1.807, 2.05) is 0 Å². The van der Waals surface area contributed by atoms with Crippen molar-refractivity contribution in [2.75, 3.05) is 6.61 Å². The molecule has 0 saturated carbocycles. The molecule has 18 heavy (non-hydrogen) atoms. The average molecular weight is 322 g/mol. The first-order chi connectivity index (χ1) is 7.90. The molecule has 8 heteroatoms. The van der Waals surface area contributed by atoms with Crippen LogP contribution >= 0.6 is 0 Å². The van der Waals surface area contributed by atoms with Gasteiger partial charge in [-0.15, -0.1) is 0 Å². The third kappa shape index (κ3) is 6.87. The summed E-state index contributed by atoms with van der Waals surface area (Å²) in [5.74, 6) is -2.49. The number of rotatable bonds is 3. The third-order valence-electron chi connectivity index (χ3n) is 1.65. The fraction of sp³-hybridized carbons (Fsp3) is 0.200. The van der Waals surface area contributed by atoms with Crippen LogP contribution in [0.1, 0.15) is 10.4 Å². The SMILES string of the molecule is N[C@@H](CO)C(=O)O.O=C(O)c1ccccc1O.[Se]. The van der Waals surface area contributed by atoms with Crippen molar-refractivity contribution >= 4 is 29.0 Å². The van der Waals surface area contributed by atoms with E-state index in [2.05, 4.69) is 0 Å².